The molecule has 0 aromatic heterocycles. The van der Waals surface area contributed by atoms with E-state index < -0.39 is 11.8 Å². The third-order valence-electron chi connectivity index (χ3n) is 5.13. The summed E-state index contributed by atoms with van der Waals surface area (Å²) in [5, 5.41) is 5.24. The Bertz CT molecular complexity index is 850. The molecule has 0 bridgehead atoms. The Labute approximate surface area is 182 Å². The molecule has 166 valence electrons. The summed E-state index contributed by atoms with van der Waals surface area (Å²) in [5.74, 6) is -0.840. The Kier molecular flexibility index (Phi) is 8.23. The van der Waals surface area contributed by atoms with Crippen molar-refractivity contribution in [2.75, 3.05) is 56.1 Å². The maximum atomic E-state index is 13.1. The number of nitrogens with one attached hydrogen (secondary N) is 2. The van der Waals surface area contributed by atoms with Crippen LogP contribution in [0.4, 0.5) is 15.8 Å². The average molecular weight is 429 g/mol. The van der Waals surface area contributed by atoms with Crippen molar-refractivity contribution in [1.29, 1.82) is 0 Å². The molecule has 0 spiro atoms. The number of halogens is 1. The lowest BCUT2D eigenvalue weighted by atomic mass is 10.2. The van der Waals surface area contributed by atoms with E-state index in [1.54, 1.807) is 36.4 Å². The Balaban J connectivity index is 1.31. The topological polar surface area (TPSA) is 73.9 Å². The largest absolute Gasteiger partial charge is 0.494 e. The third-order valence-corrected chi connectivity index (χ3v) is 5.13. The minimum atomic E-state index is -0.683. The highest BCUT2D eigenvalue weighted by Gasteiger charge is 2.17. The van der Waals surface area contributed by atoms with Gasteiger partial charge < -0.3 is 20.3 Å². The SMILES string of the molecule is CCOc1ccc(NC(=O)C(=O)NCCCN2CCN(c3ccc(F)cc3)CC2)cc1. The van der Waals surface area contributed by atoms with E-state index in [0.29, 0.717) is 24.6 Å². The molecular formula is C23H29FN4O3. The van der Waals surface area contributed by atoms with Gasteiger partial charge in [-0.05, 0) is 68.4 Å². The summed E-state index contributed by atoms with van der Waals surface area (Å²) in [7, 11) is 0. The molecule has 8 heteroatoms. The molecule has 3 rings (SSSR count). The second kappa shape index (κ2) is 11.3. The normalized spacial score (nSPS) is 14.2. The van der Waals surface area contributed by atoms with Crippen molar-refractivity contribution in [3.8, 4) is 5.75 Å². The first kappa shape index (κ1) is 22.6. The van der Waals surface area contributed by atoms with Crippen LogP contribution in [0, 0.1) is 5.82 Å². The van der Waals surface area contributed by atoms with E-state index in [4.69, 9.17) is 4.74 Å². The van der Waals surface area contributed by atoms with Crippen LogP contribution in [-0.4, -0.2) is 62.6 Å². The van der Waals surface area contributed by atoms with Gasteiger partial charge in [0.1, 0.15) is 11.6 Å². The van der Waals surface area contributed by atoms with Crippen LogP contribution in [0.25, 0.3) is 0 Å². The molecule has 1 aliphatic rings. The zero-order chi connectivity index (χ0) is 22.1. The number of rotatable bonds is 8. The van der Waals surface area contributed by atoms with E-state index in [0.717, 1.165) is 44.8 Å². The van der Waals surface area contributed by atoms with Gasteiger partial charge >= 0.3 is 11.8 Å². The van der Waals surface area contributed by atoms with Gasteiger partial charge in [0.2, 0.25) is 0 Å². The minimum Gasteiger partial charge on any atom is -0.494 e. The van der Waals surface area contributed by atoms with E-state index in [1.165, 1.54) is 12.1 Å². The van der Waals surface area contributed by atoms with Crippen molar-refractivity contribution in [1.82, 2.24) is 10.2 Å². The van der Waals surface area contributed by atoms with Crippen LogP contribution in [0.2, 0.25) is 0 Å². The number of ether oxygens (including phenoxy) is 1. The number of benzene rings is 2. The van der Waals surface area contributed by atoms with E-state index >= 15 is 0 Å². The number of piperazine rings is 1. The number of nitrogens with zero attached hydrogens (tertiary/aromatic N) is 2. The molecule has 1 saturated heterocycles. The Morgan fingerprint density at radius 2 is 1.65 bits per heavy atom. The van der Waals surface area contributed by atoms with E-state index in [-0.39, 0.29) is 5.82 Å². The molecule has 31 heavy (non-hydrogen) atoms. The number of carbonyl (C=O) groups excluding carboxylic acids is 2. The summed E-state index contributed by atoms with van der Waals surface area (Å²) < 4.78 is 18.4. The van der Waals surface area contributed by atoms with Crippen LogP contribution in [0.1, 0.15) is 13.3 Å². The summed E-state index contributed by atoms with van der Waals surface area (Å²) in [6, 6.07) is 13.5. The number of anilines is 2. The van der Waals surface area contributed by atoms with Crippen LogP contribution in [0.15, 0.2) is 48.5 Å². The molecule has 2 aromatic rings. The molecule has 2 amide bonds. The van der Waals surface area contributed by atoms with E-state index in [2.05, 4.69) is 20.4 Å². The van der Waals surface area contributed by atoms with Gasteiger partial charge in [0, 0.05) is 44.1 Å². The molecule has 0 unspecified atom stereocenters. The van der Waals surface area contributed by atoms with Crippen molar-refractivity contribution in [2.45, 2.75) is 13.3 Å². The number of hydrogen-bond acceptors (Lipinski definition) is 5. The number of carbonyl (C=O) groups is 2. The lowest BCUT2D eigenvalue weighted by molar-refractivity contribution is -0.136. The van der Waals surface area contributed by atoms with Crippen molar-refractivity contribution >= 4 is 23.2 Å². The molecule has 7 nitrogen and oxygen atoms in total. The van der Waals surface area contributed by atoms with Gasteiger partial charge in [-0.1, -0.05) is 0 Å². The first-order valence-electron chi connectivity index (χ1n) is 10.6. The zero-order valence-electron chi connectivity index (χ0n) is 17.8. The van der Waals surface area contributed by atoms with Crippen LogP contribution in [0.5, 0.6) is 5.75 Å². The lowest BCUT2D eigenvalue weighted by Crippen LogP contribution is -2.47. The van der Waals surface area contributed by atoms with Crippen molar-refractivity contribution < 1.29 is 18.7 Å². The van der Waals surface area contributed by atoms with Gasteiger partial charge in [0.05, 0.1) is 6.61 Å². The molecule has 2 aromatic carbocycles. The van der Waals surface area contributed by atoms with Crippen LogP contribution < -0.4 is 20.3 Å². The fraction of sp³-hybridized carbons (Fsp3) is 0.391. The van der Waals surface area contributed by atoms with Crippen molar-refractivity contribution in [2.24, 2.45) is 0 Å². The summed E-state index contributed by atoms with van der Waals surface area (Å²) in [6.45, 7) is 7.32. The minimum absolute atomic E-state index is 0.224. The molecule has 1 heterocycles. The Hall–Kier alpha value is -3.13. The molecule has 1 aliphatic heterocycles. The van der Waals surface area contributed by atoms with Gasteiger partial charge in [0.15, 0.2) is 0 Å². The molecule has 0 saturated carbocycles. The quantitative estimate of drug-likeness (QED) is 0.499. The summed E-state index contributed by atoms with van der Waals surface area (Å²) in [6.07, 6.45) is 0.763. The van der Waals surface area contributed by atoms with Gasteiger partial charge in [-0.2, -0.15) is 0 Å². The molecular weight excluding hydrogens is 399 g/mol. The summed E-state index contributed by atoms with van der Waals surface area (Å²) in [5.41, 5.74) is 1.58. The fourth-order valence-electron chi connectivity index (χ4n) is 3.46. The van der Waals surface area contributed by atoms with E-state index in [9.17, 15) is 14.0 Å². The average Bonchev–Trinajstić information content (AvgIpc) is 2.79. The van der Waals surface area contributed by atoms with Gasteiger partial charge in [-0.15, -0.1) is 0 Å². The molecule has 0 radical (unpaired) electrons. The molecule has 1 fully saturated rings. The van der Waals surface area contributed by atoms with Crippen molar-refractivity contribution in [3.63, 3.8) is 0 Å². The highest BCUT2D eigenvalue weighted by molar-refractivity contribution is 6.39. The fourth-order valence-corrected chi connectivity index (χ4v) is 3.46. The predicted molar refractivity (Wildman–Crippen MR) is 119 cm³/mol. The second-order valence-corrected chi connectivity index (χ2v) is 7.33. The first-order valence-corrected chi connectivity index (χ1v) is 10.6. The maximum absolute atomic E-state index is 13.1. The second-order valence-electron chi connectivity index (χ2n) is 7.33. The maximum Gasteiger partial charge on any atom is 0.313 e. The van der Waals surface area contributed by atoms with Crippen LogP contribution in [-0.2, 0) is 9.59 Å². The summed E-state index contributed by atoms with van der Waals surface area (Å²) >= 11 is 0. The molecule has 0 aliphatic carbocycles. The Morgan fingerprint density at radius 1 is 0.968 bits per heavy atom. The van der Waals surface area contributed by atoms with Gasteiger partial charge in [0.25, 0.3) is 0 Å². The molecule has 2 N–H and O–H groups in total. The highest BCUT2D eigenvalue weighted by Crippen LogP contribution is 2.17. The van der Waals surface area contributed by atoms with E-state index in [1.807, 2.05) is 6.92 Å². The zero-order valence-corrected chi connectivity index (χ0v) is 17.8. The Morgan fingerprint density at radius 3 is 2.29 bits per heavy atom. The smallest absolute Gasteiger partial charge is 0.313 e. The summed E-state index contributed by atoms with van der Waals surface area (Å²) in [4.78, 5) is 28.6. The first-order chi connectivity index (χ1) is 15.0. The standard InChI is InChI=1S/C23H29FN4O3/c1-2-31-21-10-6-19(7-11-21)26-23(30)22(29)25-12-3-13-27-14-16-28(17-15-27)20-8-4-18(24)5-9-20/h4-11H,2-3,12-17H2,1H3,(H,25,29)(H,26,30). The predicted octanol–water partition coefficient (Wildman–Crippen LogP) is 2.49. The molecule has 0 atom stereocenters. The number of amides is 2. The highest BCUT2D eigenvalue weighted by atomic mass is 19.1. The van der Waals surface area contributed by atoms with Crippen LogP contribution in [0.3, 0.4) is 0 Å². The van der Waals surface area contributed by atoms with Crippen LogP contribution >= 0.6 is 0 Å². The number of hydrogen-bond donors (Lipinski definition) is 2. The van der Waals surface area contributed by atoms with Gasteiger partial charge in [-0.25, -0.2) is 4.39 Å². The van der Waals surface area contributed by atoms with Gasteiger partial charge in [-0.3, -0.25) is 14.5 Å². The van der Waals surface area contributed by atoms with Crippen molar-refractivity contribution in [3.05, 3.63) is 54.3 Å². The lowest BCUT2D eigenvalue weighted by Gasteiger charge is -2.36. The third kappa shape index (κ3) is 6.96. The monoisotopic (exact) mass is 428 g/mol.